The van der Waals surface area contributed by atoms with Crippen molar-refractivity contribution in [3.63, 3.8) is 0 Å². The molecule has 0 bridgehead atoms. The molecule has 0 radical (unpaired) electrons. The van der Waals surface area contributed by atoms with E-state index in [1.807, 2.05) is 36.4 Å². The molecule has 2 rings (SSSR count). The highest BCUT2D eigenvalue weighted by Gasteiger charge is 2.08. The van der Waals surface area contributed by atoms with Crippen LogP contribution in [0.25, 0.3) is 5.57 Å². The van der Waals surface area contributed by atoms with Crippen LogP contribution in [0.5, 0.6) is 0 Å². The van der Waals surface area contributed by atoms with Crippen LogP contribution in [0.4, 0.5) is 0 Å². The molecule has 0 aliphatic carbocycles. The first kappa shape index (κ1) is 14.5. The van der Waals surface area contributed by atoms with E-state index in [-0.39, 0.29) is 12.6 Å². The predicted molar refractivity (Wildman–Crippen MR) is 84.5 cm³/mol. The maximum Gasteiger partial charge on any atom is 0.0587 e. The molecule has 0 aromatic heterocycles. The average Bonchev–Trinajstić information content (AvgIpc) is 2.53. The first-order chi connectivity index (χ1) is 9.79. The zero-order valence-corrected chi connectivity index (χ0v) is 11.6. The Balaban J connectivity index is 1.86. The van der Waals surface area contributed by atoms with Gasteiger partial charge in [-0.05, 0) is 23.1 Å². The normalized spacial score (nSPS) is 12.1. The number of benzene rings is 2. The molecule has 0 spiro atoms. The van der Waals surface area contributed by atoms with Gasteiger partial charge in [0.1, 0.15) is 0 Å². The lowest BCUT2D eigenvalue weighted by atomic mass is 10.0. The van der Waals surface area contributed by atoms with Crippen LogP contribution < -0.4 is 5.32 Å². The van der Waals surface area contributed by atoms with Gasteiger partial charge in [0.05, 0.1) is 6.61 Å². The van der Waals surface area contributed by atoms with Gasteiger partial charge >= 0.3 is 0 Å². The van der Waals surface area contributed by atoms with Gasteiger partial charge in [0.15, 0.2) is 0 Å². The molecule has 2 aromatic carbocycles. The Morgan fingerprint density at radius 1 is 1.00 bits per heavy atom. The Labute approximate surface area is 120 Å². The topological polar surface area (TPSA) is 32.3 Å². The lowest BCUT2D eigenvalue weighted by molar-refractivity contribution is 0.245. The molecular weight excluding hydrogens is 246 g/mol. The lowest BCUT2D eigenvalue weighted by Crippen LogP contribution is -2.35. The SMILES string of the molecule is C=C(CNC(CO)Cc1ccccc1)c1ccccc1. The highest BCUT2D eigenvalue weighted by molar-refractivity contribution is 5.64. The monoisotopic (exact) mass is 267 g/mol. The largest absolute Gasteiger partial charge is 0.395 e. The van der Waals surface area contributed by atoms with Crippen molar-refractivity contribution in [3.8, 4) is 0 Å². The van der Waals surface area contributed by atoms with E-state index >= 15 is 0 Å². The van der Waals surface area contributed by atoms with Crippen molar-refractivity contribution in [2.24, 2.45) is 0 Å². The van der Waals surface area contributed by atoms with Crippen LogP contribution in [0.3, 0.4) is 0 Å². The molecule has 20 heavy (non-hydrogen) atoms. The first-order valence-corrected chi connectivity index (χ1v) is 6.91. The maximum atomic E-state index is 9.48. The minimum atomic E-state index is 0.0536. The van der Waals surface area contributed by atoms with Crippen LogP contribution in [0, 0.1) is 0 Å². The molecule has 0 fully saturated rings. The summed E-state index contributed by atoms with van der Waals surface area (Å²) in [4.78, 5) is 0. The summed E-state index contributed by atoms with van der Waals surface area (Å²) in [5.41, 5.74) is 3.40. The number of rotatable bonds is 7. The van der Waals surface area contributed by atoms with Gasteiger partial charge < -0.3 is 10.4 Å². The number of hydrogen-bond donors (Lipinski definition) is 2. The van der Waals surface area contributed by atoms with E-state index in [0.29, 0.717) is 6.54 Å². The second kappa shape index (κ2) is 7.63. The van der Waals surface area contributed by atoms with E-state index in [1.54, 1.807) is 0 Å². The summed E-state index contributed by atoms with van der Waals surface area (Å²) in [6.45, 7) is 4.90. The zero-order valence-electron chi connectivity index (χ0n) is 11.6. The Morgan fingerprint density at radius 3 is 2.20 bits per heavy atom. The van der Waals surface area contributed by atoms with E-state index in [2.05, 4.69) is 36.2 Å². The summed E-state index contributed by atoms with van der Waals surface area (Å²) in [5.74, 6) is 0. The van der Waals surface area contributed by atoms with Crippen LogP contribution in [0.15, 0.2) is 67.2 Å². The van der Waals surface area contributed by atoms with Gasteiger partial charge in [0.2, 0.25) is 0 Å². The lowest BCUT2D eigenvalue weighted by Gasteiger charge is -2.17. The smallest absolute Gasteiger partial charge is 0.0587 e. The molecule has 0 heterocycles. The van der Waals surface area contributed by atoms with E-state index in [0.717, 1.165) is 17.6 Å². The molecule has 104 valence electrons. The van der Waals surface area contributed by atoms with Crippen molar-refractivity contribution < 1.29 is 5.11 Å². The molecule has 2 N–H and O–H groups in total. The Morgan fingerprint density at radius 2 is 1.60 bits per heavy atom. The first-order valence-electron chi connectivity index (χ1n) is 6.91. The van der Waals surface area contributed by atoms with Crippen molar-refractivity contribution in [1.29, 1.82) is 0 Å². The molecule has 0 aliphatic rings. The molecule has 1 unspecified atom stereocenters. The highest BCUT2D eigenvalue weighted by atomic mass is 16.3. The molecule has 0 saturated carbocycles. The van der Waals surface area contributed by atoms with E-state index < -0.39 is 0 Å². The number of aliphatic hydroxyl groups is 1. The van der Waals surface area contributed by atoms with Crippen LogP contribution in [-0.2, 0) is 6.42 Å². The van der Waals surface area contributed by atoms with Gasteiger partial charge in [0.25, 0.3) is 0 Å². The third kappa shape index (κ3) is 4.34. The van der Waals surface area contributed by atoms with Crippen LogP contribution in [0.2, 0.25) is 0 Å². The van der Waals surface area contributed by atoms with E-state index in [4.69, 9.17) is 0 Å². The van der Waals surface area contributed by atoms with Crippen molar-refractivity contribution in [2.45, 2.75) is 12.5 Å². The number of nitrogens with one attached hydrogen (secondary N) is 1. The fraction of sp³-hybridized carbons (Fsp3) is 0.222. The fourth-order valence-corrected chi connectivity index (χ4v) is 2.14. The number of aliphatic hydroxyl groups excluding tert-OH is 1. The van der Waals surface area contributed by atoms with Crippen LogP contribution in [0.1, 0.15) is 11.1 Å². The van der Waals surface area contributed by atoms with Crippen molar-refractivity contribution in [3.05, 3.63) is 78.4 Å². The predicted octanol–water partition coefficient (Wildman–Crippen LogP) is 2.89. The van der Waals surface area contributed by atoms with Gasteiger partial charge in [-0.25, -0.2) is 0 Å². The van der Waals surface area contributed by atoms with Crippen molar-refractivity contribution >= 4 is 5.57 Å². The summed E-state index contributed by atoms with van der Waals surface area (Å²) in [7, 11) is 0. The third-order valence-corrected chi connectivity index (χ3v) is 3.33. The second-order valence-corrected chi connectivity index (χ2v) is 4.92. The summed E-state index contributed by atoms with van der Waals surface area (Å²) in [6, 6.07) is 20.4. The van der Waals surface area contributed by atoms with Crippen LogP contribution in [-0.4, -0.2) is 24.3 Å². The third-order valence-electron chi connectivity index (χ3n) is 3.33. The van der Waals surface area contributed by atoms with Gasteiger partial charge in [0, 0.05) is 12.6 Å². The van der Waals surface area contributed by atoms with E-state index in [9.17, 15) is 5.11 Å². The molecule has 0 amide bonds. The fourth-order valence-electron chi connectivity index (χ4n) is 2.14. The number of hydrogen-bond acceptors (Lipinski definition) is 2. The van der Waals surface area contributed by atoms with Gasteiger partial charge in [-0.3, -0.25) is 0 Å². The molecule has 1 atom stereocenters. The maximum absolute atomic E-state index is 9.48. The summed E-state index contributed by atoms with van der Waals surface area (Å²) in [5, 5.41) is 12.8. The molecule has 2 nitrogen and oxygen atoms in total. The average molecular weight is 267 g/mol. The van der Waals surface area contributed by atoms with Crippen molar-refractivity contribution in [2.75, 3.05) is 13.2 Å². The minimum Gasteiger partial charge on any atom is -0.395 e. The molecule has 2 aromatic rings. The molecular formula is C18H21NO. The van der Waals surface area contributed by atoms with E-state index in [1.165, 1.54) is 5.56 Å². The molecule has 2 heteroatoms. The van der Waals surface area contributed by atoms with Gasteiger partial charge in [-0.1, -0.05) is 67.2 Å². The molecule has 0 aliphatic heterocycles. The standard InChI is InChI=1S/C18H21NO/c1-15(17-10-6-3-7-11-17)13-19-18(14-20)12-16-8-4-2-5-9-16/h2-11,18-20H,1,12-14H2. The summed E-state index contributed by atoms with van der Waals surface area (Å²) >= 11 is 0. The second-order valence-electron chi connectivity index (χ2n) is 4.92. The highest BCUT2D eigenvalue weighted by Crippen LogP contribution is 2.11. The Kier molecular flexibility index (Phi) is 5.54. The van der Waals surface area contributed by atoms with Gasteiger partial charge in [-0.2, -0.15) is 0 Å². The Hall–Kier alpha value is -1.90. The molecule has 0 saturated heterocycles. The summed E-state index contributed by atoms with van der Waals surface area (Å²) in [6.07, 6.45) is 0.819. The summed E-state index contributed by atoms with van der Waals surface area (Å²) < 4.78 is 0. The Bertz CT molecular complexity index is 522. The quantitative estimate of drug-likeness (QED) is 0.808. The zero-order chi connectivity index (χ0) is 14.2. The van der Waals surface area contributed by atoms with Gasteiger partial charge in [-0.15, -0.1) is 0 Å². The minimum absolute atomic E-state index is 0.0536. The van der Waals surface area contributed by atoms with Crippen molar-refractivity contribution in [1.82, 2.24) is 5.32 Å². The van der Waals surface area contributed by atoms with Crippen LogP contribution >= 0.6 is 0 Å².